The first-order valence-electron chi connectivity index (χ1n) is 8.93. The Balaban J connectivity index is 1.55. The molecule has 2 saturated heterocycles. The fourth-order valence-electron chi connectivity index (χ4n) is 4.31. The number of fused-ring (bicyclic) bond motifs is 1. The van der Waals surface area contributed by atoms with Crippen LogP contribution in [0.2, 0.25) is 0 Å². The van der Waals surface area contributed by atoms with Crippen molar-refractivity contribution in [2.75, 3.05) is 39.9 Å². The maximum absolute atomic E-state index is 9.97. The number of benzene rings is 1. The lowest BCUT2D eigenvalue weighted by Gasteiger charge is -2.47. The van der Waals surface area contributed by atoms with E-state index in [-0.39, 0.29) is 6.10 Å². The molecule has 1 aromatic rings. The Bertz CT molecular complexity index is 468. The third kappa shape index (κ3) is 4.54. The average molecular weight is 318 g/mol. The number of nitrogens with zero attached hydrogens (tertiary/aromatic N) is 2. The largest absolute Gasteiger partial charge is 0.389 e. The fourth-order valence-corrected chi connectivity index (χ4v) is 4.31. The zero-order valence-electron chi connectivity index (χ0n) is 14.2. The van der Waals surface area contributed by atoms with Crippen LogP contribution in [0, 0.1) is 5.92 Å². The van der Waals surface area contributed by atoms with E-state index in [9.17, 15) is 5.11 Å². The summed E-state index contributed by atoms with van der Waals surface area (Å²) in [7, 11) is 1.65. The predicted octanol–water partition coefficient (Wildman–Crippen LogP) is 1.98. The summed E-state index contributed by atoms with van der Waals surface area (Å²) in [4.78, 5) is 5.11. The summed E-state index contributed by atoms with van der Waals surface area (Å²) < 4.78 is 5.05. The Hall–Kier alpha value is -0.940. The molecule has 2 fully saturated rings. The number of methoxy groups -OCH3 is 1. The minimum atomic E-state index is -0.361. The van der Waals surface area contributed by atoms with Gasteiger partial charge in [-0.3, -0.25) is 4.90 Å². The van der Waals surface area contributed by atoms with Gasteiger partial charge < -0.3 is 14.7 Å². The molecule has 128 valence electrons. The van der Waals surface area contributed by atoms with Crippen LogP contribution in [0.15, 0.2) is 30.3 Å². The molecular weight excluding hydrogens is 288 g/mol. The van der Waals surface area contributed by atoms with Crippen molar-refractivity contribution in [3.05, 3.63) is 35.9 Å². The van der Waals surface area contributed by atoms with E-state index in [0.29, 0.717) is 12.6 Å². The molecule has 0 aromatic heterocycles. The monoisotopic (exact) mass is 318 g/mol. The highest BCUT2D eigenvalue weighted by Crippen LogP contribution is 2.31. The van der Waals surface area contributed by atoms with E-state index in [1.807, 2.05) is 0 Å². The van der Waals surface area contributed by atoms with Gasteiger partial charge in [0.2, 0.25) is 0 Å². The number of ether oxygens (including phenoxy) is 1. The van der Waals surface area contributed by atoms with Crippen molar-refractivity contribution in [1.82, 2.24) is 9.80 Å². The minimum Gasteiger partial charge on any atom is -0.389 e. The lowest BCUT2D eigenvalue weighted by molar-refractivity contribution is -0.0115. The van der Waals surface area contributed by atoms with E-state index in [1.165, 1.54) is 31.4 Å². The number of piperidine rings is 2. The summed E-state index contributed by atoms with van der Waals surface area (Å²) in [6.07, 6.45) is 3.48. The van der Waals surface area contributed by atoms with Gasteiger partial charge in [0.05, 0.1) is 12.7 Å². The van der Waals surface area contributed by atoms with Gasteiger partial charge in [-0.2, -0.15) is 0 Å². The third-order valence-electron chi connectivity index (χ3n) is 5.32. The van der Waals surface area contributed by atoms with Crippen LogP contribution >= 0.6 is 0 Å². The van der Waals surface area contributed by atoms with Gasteiger partial charge in [0.1, 0.15) is 0 Å². The van der Waals surface area contributed by atoms with Crippen LogP contribution < -0.4 is 0 Å². The van der Waals surface area contributed by atoms with Gasteiger partial charge in [-0.25, -0.2) is 0 Å². The fraction of sp³-hybridized carbons (Fsp3) is 0.684. The second kappa shape index (κ2) is 8.25. The number of rotatable bonds is 6. The molecule has 4 heteroatoms. The van der Waals surface area contributed by atoms with Crippen molar-refractivity contribution in [2.45, 2.75) is 38.0 Å². The molecule has 2 aliphatic heterocycles. The van der Waals surface area contributed by atoms with Gasteiger partial charge in [0.15, 0.2) is 0 Å². The molecule has 0 bridgehead atoms. The Labute approximate surface area is 140 Å². The molecule has 0 aliphatic carbocycles. The van der Waals surface area contributed by atoms with Gasteiger partial charge in [0.25, 0.3) is 0 Å². The molecule has 1 N–H and O–H groups in total. The van der Waals surface area contributed by atoms with Gasteiger partial charge in [-0.15, -0.1) is 0 Å². The quantitative estimate of drug-likeness (QED) is 0.870. The van der Waals surface area contributed by atoms with E-state index in [1.54, 1.807) is 7.11 Å². The van der Waals surface area contributed by atoms with E-state index >= 15 is 0 Å². The summed E-state index contributed by atoms with van der Waals surface area (Å²) >= 11 is 0. The number of hydrogen-bond donors (Lipinski definition) is 1. The Kier molecular flexibility index (Phi) is 6.06. The molecule has 3 rings (SSSR count). The number of likely N-dealkylation sites (tertiary alicyclic amines) is 2. The number of aliphatic hydroxyl groups is 1. The van der Waals surface area contributed by atoms with Gasteiger partial charge >= 0.3 is 0 Å². The van der Waals surface area contributed by atoms with Crippen LogP contribution in [0.25, 0.3) is 0 Å². The highest BCUT2D eigenvalue weighted by Gasteiger charge is 2.36. The molecule has 0 amide bonds. The van der Waals surface area contributed by atoms with Crippen molar-refractivity contribution < 1.29 is 9.84 Å². The summed E-state index contributed by atoms with van der Waals surface area (Å²) in [5.74, 6) is 0.746. The maximum atomic E-state index is 9.97. The van der Waals surface area contributed by atoms with Gasteiger partial charge in [0, 0.05) is 32.8 Å². The molecule has 3 atom stereocenters. The smallest absolute Gasteiger partial charge is 0.0900 e. The lowest BCUT2D eigenvalue weighted by atomic mass is 9.83. The zero-order chi connectivity index (χ0) is 16.1. The predicted molar refractivity (Wildman–Crippen MR) is 92.3 cm³/mol. The number of aliphatic hydroxyl groups excluding tert-OH is 1. The highest BCUT2D eigenvalue weighted by molar-refractivity contribution is 5.15. The summed E-state index contributed by atoms with van der Waals surface area (Å²) in [5.41, 5.74) is 1.42. The maximum Gasteiger partial charge on any atom is 0.0900 e. The van der Waals surface area contributed by atoms with Crippen molar-refractivity contribution in [3.63, 3.8) is 0 Å². The molecule has 0 saturated carbocycles. The molecule has 4 nitrogen and oxygen atoms in total. The molecule has 2 heterocycles. The molecule has 2 aliphatic rings. The molecular formula is C19H30N2O2. The molecule has 23 heavy (non-hydrogen) atoms. The Morgan fingerprint density at radius 2 is 2.04 bits per heavy atom. The molecule has 1 aromatic carbocycles. The second-order valence-electron chi connectivity index (χ2n) is 7.08. The molecule has 0 spiro atoms. The minimum absolute atomic E-state index is 0.361. The van der Waals surface area contributed by atoms with Crippen molar-refractivity contribution in [2.24, 2.45) is 5.92 Å². The van der Waals surface area contributed by atoms with Crippen LogP contribution in [-0.2, 0) is 11.3 Å². The summed E-state index contributed by atoms with van der Waals surface area (Å²) in [5, 5.41) is 9.97. The number of hydrogen-bond acceptors (Lipinski definition) is 4. The topological polar surface area (TPSA) is 35.9 Å². The standard InChI is InChI=1S/C19H30N2O2/c1-23-15-18(22)14-20-11-9-19-17(13-20)8-5-10-21(19)12-16-6-3-2-4-7-16/h2-4,6-7,17-19,22H,5,8-15H2,1H3/t17-,18+,19+/m0/s1. The molecule has 0 radical (unpaired) electrons. The van der Waals surface area contributed by atoms with E-state index in [4.69, 9.17) is 4.74 Å². The zero-order valence-corrected chi connectivity index (χ0v) is 14.2. The van der Waals surface area contributed by atoms with Crippen LogP contribution in [0.3, 0.4) is 0 Å². The van der Waals surface area contributed by atoms with Crippen molar-refractivity contribution in [1.29, 1.82) is 0 Å². The summed E-state index contributed by atoms with van der Waals surface area (Å²) in [6.45, 7) is 5.70. The van der Waals surface area contributed by atoms with Crippen LogP contribution in [0.1, 0.15) is 24.8 Å². The van der Waals surface area contributed by atoms with Crippen molar-refractivity contribution >= 4 is 0 Å². The summed E-state index contributed by atoms with van der Waals surface area (Å²) in [6, 6.07) is 11.5. The number of β-amino-alcohol motifs (C(OH)–C–C–N with tert-alkyl or cyclic N) is 1. The highest BCUT2D eigenvalue weighted by atomic mass is 16.5. The third-order valence-corrected chi connectivity index (χ3v) is 5.32. The first-order valence-corrected chi connectivity index (χ1v) is 8.93. The van der Waals surface area contributed by atoms with Crippen LogP contribution in [-0.4, -0.2) is 66.9 Å². The first-order chi connectivity index (χ1) is 11.3. The average Bonchev–Trinajstić information content (AvgIpc) is 2.56. The normalized spacial score (nSPS) is 27.6. The van der Waals surface area contributed by atoms with E-state index in [0.717, 1.165) is 32.1 Å². The van der Waals surface area contributed by atoms with E-state index < -0.39 is 0 Å². The second-order valence-corrected chi connectivity index (χ2v) is 7.08. The van der Waals surface area contributed by atoms with Crippen molar-refractivity contribution in [3.8, 4) is 0 Å². The van der Waals surface area contributed by atoms with E-state index in [2.05, 4.69) is 40.1 Å². The molecule has 0 unspecified atom stereocenters. The van der Waals surface area contributed by atoms with Crippen LogP contribution in [0.4, 0.5) is 0 Å². The van der Waals surface area contributed by atoms with Gasteiger partial charge in [-0.1, -0.05) is 30.3 Å². The Morgan fingerprint density at radius 1 is 1.22 bits per heavy atom. The first kappa shape index (κ1) is 16.9. The Morgan fingerprint density at radius 3 is 2.83 bits per heavy atom. The lowest BCUT2D eigenvalue weighted by Crippen LogP contribution is -2.54. The SMILES string of the molecule is COC[C@H](O)CN1CC[C@@H]2[C@@H](CCCN2Cc2ccccc2)C1. The van der Waals surface area contributed by atoms with Gasteiger partial charge in [-0.05, 0) is 43.8 Å². The van der Waals surface area contributed by atoms with Crippen LogP contribution in [0.5, 0.6) is 0 Å².